The van der Waals surface area contributed by atoms with Crippen molar-refractivity contribution < 1.29 is 29.3 Å². The third-order valence-electron chi connectivity index (χ3n) is 13.2. The minimum atomic E-state index is -0.858. The molecule has 0 aliphatic carbocycles. The molecule has 5 N–H and O–H groups in total. The Morgan fingerprint density at radius 3 is 2.21 bits per heavy atom. The van der Waals surface area contributed by atoms with Crippen molar-refractivity contribution in [2.75, 3.05) is 52.4 Å². The van der Waals surface area contributed by atoms with E-state index in [2.05, 4.69) is 56.9 Å². The fraction of sp³-hybridized carbons (Fsp3) is 0.333. The summed E-state index contributed by atoms with van der Waals surface area (Å²) in [6, 6.07) is 42.0. The number of piperidine rings is 2. The highest BCUT2D eigenvalue weighted by atomic mass is 16.5. The molecule has 0 radical (unpaired) electrons. The van der Waals surface area contributed by atoms with Gasteiger partial charge in [0.25, 0.3) is 5.91 Å². The number of nitrogens with one attached hydrogen (secondary N) is 3. The number of aliphatic hydroxyl groups is 1. The third-order valence-corrected chi connectivity index (χ3v) is 13.2. The fourth-order valence-electron chi connectivity index (χ4n) is 9.32. The van der Waals surface area contributed by atoms with Gasteiger partial charge in [-0.3, -0.25) is 24.1 Å². The first-order valence-corrected chi connectivity index (χ1v) is 23.1. The number of phenols is 1. The van der Waals surface area contributed by atoms with Gasteiger partial charge < -0.3 is 35.5 Å². The quantitative estimate of drug-likeness (QED) is 0.0489. The van der Waals surface area contributed by atoms with E-state index in [-0.39, 0.29) is 48.1 Å². The molecule has 12 heteroatoms. The molecule has 0 saturated carbocycles. The van der Waals surface area contributed by atoms with Gasteiger partial charge in [-0.15, -0.1) is 0 Å². The van der Waals surface area contributed by atoms with Crippen LogP contribution >= 0.6 is 0 Å². The second-order valence-electron chi connectivity index (χ2n) is 17.6. The molecule has 12 nitrogen and oxygen atoms in total. The van der Waals surface area contributed by atoms with Crippen LogP contribution in [0.2, 0.25) is 0 Å². The molecular weight excluding hydrogens is 831 g/mol. The minimum absolute atomic E-state index is 0.0577. The smallest absolute Gasteiger partial charge is 0.317 e. The summed E-state index contributed by atoms with van der Waals surface area (Å²) >= 11 is 0. The number of likely N-dealkylation sites (tertiary alicyclic amines) is 2. The van der Waals surface area contributed by atoms with Gasteiger partial charge in [0.15, 0.2) is 0 Å². The Kier molecular flexibility index (Phi) is 15.4. The Morgan fingerprint density at radius 1 is 0.758 bits per heavy atom. The SMILES string of the molecule is O=C(NCC(=O)N1CCC(c2cccc(C(C(=O)OCC3CCN(Cc4ccccc4)CC3)c3ccccc3)c2)CC1)c1ccc(CCNCC(O)c2ccc(O)c3[nH]c(=O)ccc23)cc1. The maximum atomic E-state index is 13.9. The van der Waals surface area contributed by atoms with Crippen molar-refractivity contribution in [2.24, 2.45) is 5.92 Å². The number of pyridine rings is 1. The summed E-state index contributed by atoms with van der Waals surface area (Å²) in [5.74, 6) is -0.703. The molecule has 342 valence electrons. The molecule has 2 aliphatic rings. The lowest BCUT2D eigenvalue weighted by atomic mass is 9.85. The largest absolute Gasteiger partial charge is 0.506 e. The van der Waals surface area contributed by atoms with E-state index >= 15 is 0 Å². The van der Waals surface area contributed by atoms with E-state index in [4.69, 9.17) is 4.74 Å². The molecule has 0 bridgehead atoms. The number of esters is 1. The zero-order chi connectivity index (χ0) is 45.8. The van der Waals surface area contributed by atoms with E-state index < -0.39 is 12.0 Å². The number of amides is 2. The van der Waals surface area contributed by atoms with Crippen LogP contribution in [0.4, 0.5) is 0 Å². The highest BCUT2D eigenvalue weighted by Crippen LogP contribution is 2.34. The highest BCUT2D eigenvalue weighted by Gasteiger charge is 2.29. The van der Waals surface area contributed by atoms with Crippen molar-refractivity contribution in [1.29, 1.82) is 0 Å². The first-order chi connectivity index (χ1) is 32.2. The van der Waals surface area contributed by atoms with E-state index in [0.29, 0.717) is 60.6 Å². The van der Waals surface area contributed by atoms with Crippen LogP contribution in [-0.4, -0.2) is 95.2 Å². The predicted molar refractivity (Wildman–Crippen MR) is 255 cm³/mol. The van der Waals surface area contributed by atoms with E-state index in [1.165, 1.54) is 17.7 Å². The lowest BCUT2D eigenvalue weighted by Crippen LogP contribution is -2.43. The number of nitrogens with zero attached hydrogens (tertiary/aromatic N) is 2. The van der Waals surface area contributed by atoms with Crippen LogP contribution in [0.1, 0.15) is 87.4 Å². The lowest BCUT2D eigenvalue weighted by molar-refractivity contribution is -0.146. The summed E-state index contributed by atoms with van der Waals surface area (Å²) in [7, 11) is 0. The zero-order valence-electron chi connectivity index (χ0n) is 37.2. The van der Waals surface area contributed by atoms with E-state index in [9.17, 15) is 29.4 Å². The zero-order valence-corrected chi connectivity index (χ0v) is 37.2. The summed E-state index contributed by atoms with van der Waals surface area (Å²) < 4.78 is 6.10. The summed E-state index contributed by atoms with van der Waals surface area (Å²) in [5, 5.41) is 27.6. The molecule has 6 aromatic rings. The van der Waals surface area contributed by atoms with Crippen molar-refractivity contribution in [3.63, 3.8) is 0 Å². The number of fused-ring (bicyclic) bond motifs is 1. The number of aliphatic hydroxyl groups excluding tert-OH is 1. The van der Waals surface area contributed by atoms with Crippen LogP contribution in [0, 0.1) is 5.92 Å². The van der Waals surface area contributed by atoms with E-state index in [0.717, 1.165) is 67.6 Å². The number of hydrogen-bond acceptors (Lipinski definition) is 9. The highest BCUT2D eigenvalue weighted by molar-refractivity contribution is 5.96. The van der Waals surface area contributed by atoms with Crippen molar-refractivity contribution in [2.45, 2.75) is 56.6 Å². The Hall–Kier alpha value is -6.60. The molecule has 66 heavy (non-hydrogen) atoms. The van der Waals surface area contributed by atoms with Gasteiger partial charge in [0, 0.05) is 43.2 Å². The first kappa shape index (κ1) is 45.9. The number of rotatable bonds is 17. The number of aromatic amines is 1. The lowest BCUT2D eigenvalue weighted by Gasteiger charge is -2.33. The summed E-state index contributed by atoms with van der Waals surface area (Å²) in [4.78, 5) is 58.8. The van der Waals surface area contributed by atoms with E-state index in [1.807, 2.05) is 65.6 Å². The van der Waals surface area contributed by atoms with Crippen molar-refractivity contribution in [3.05, 3.63) is 183 Å². The van der Waals surface area contributed by atoms with Gasteiger partial charge in [0.2, 0.25) is 11.5 Å². The number of aromatic hydroxyl groups is 1. The topological polar surface area (TPSA) is 164 Å². The van der Waals surface area contributed by atoms with Crippen LogP contribution in [0.25, 0.3) is 10.9 Å². The molecule has 2 amide bonds. The molecular formula is C54H59N5O7. The minimum Gasteiger partial charge on any atom is -0.506 e. The standard InChI is InChI=1S/C54H59N5O7/c60-47-20-18-45(46-19-21-49(62)57-52(46)47)48(61)33-55-27-22-37-14-16-42(17-15-37)53(64)56-34-50(63)59-30-25-40(26-31-59)43-12-7-13-44(32-43)51(41-10-5-2-6-11-41)54(65)66-36-39-23-28-58(29-24-39)35-38-8-3-1-4-9-38/h1-21,32,39-40,48,51,55,60-61H,22-31,33-36H2,(H,56,64)(H,57,62). The third kappa shape index (κ3) is 11.8. The molecule has 8 rings (SSSR count). The van der Waals surface area contributed by atoms with Crippen LogP contribution in [-0.2, 0) is 27.3 Å². The van der Waals surface area contributed by atoms with Crippen LogP contribution in [0.5, 0.6) is 5.75 Å². The molecule has 2 fully saturated rings. The molecule has 2 aliphatic heterocycles. The Balaban J connectivity index is 0.771. The molecule has 5 aromatic carbocycles. The fourth-order valence-corrected chi connectivity index (χ4v) is 9.32. The van der Waals surface area contributed by atoms with Gasteiger partial charge in [0.05, 0.1) is 24.8 Å². The second-order valence-corrected chi connectivity index (χ2v) is 17.6. The van der Waals surface area contributed by atoms with Gasteiger partial charge in [-0.25, -0.2) is 0 Å². The van der Waals surface area contributed by atoms with Gasteiger partial charge in [-0.05, 0) is 121 Å². The number of hydrogen-bond donors (Lipinski definition) is 5. The number of aromatic nitrogens is 1. The Labute approximate surface area is 385 Å². The van der Waals surface area contributed by atoms with Gasteiger partial charge in [-0.2, -0.15) is 0 Å². The Bertz CT molecular complexity index is 2620. The predicted octanol–water partition coefficient (Wildman–Crippen LogP) is 6.82. The first-order valence-electron chi connectivity index (χ1n) is 23.1. The number of phenolic OH excluding ortho intramolecular Hbond substituents is 1. The van der Waals surface area contributed by atoms with Crippen LogP contribution < -0.4 is 16.2 Å². The Morgan fingerprint density at radius 2 is 1.47 bits per heavy atom. The van der Waals surface area contributed by atoms with Crippen molar-refractivity contribution in [1.82, 2.24) is 25.4 Å². The maximum absolute atomic E-state index is 13.9. The van der Waals surface area contributed by atoms with Gasteiger partial charge in [-0.1, -0.05) is 103 Å². The average Bonchev–Trinajstić information content (AvgIpc) is 3.35. The van der Waals surface area contributed by atoms with Crippen LogP contribution in [0.3, 0.4) is 0 Å². The average molecular weight is 890 g/mol. The molecule has 2 atom stereocenters. The number of ether oxygens (including phenoxy) is 1. The van der Waals surface area contributed by atoms with Crippen molar-refractivity contribution >= 4 is 28.7 Å². The van der Waals surface area contributed by atoms with Gasteiger partial charge in [0.1, 0.15) is 11.7 Å². The maximum Gasteiger partial charge on any atom is 0.317 e. The molecule has 1 aromatic heterocycles. The second kappa shape index (κ2) is 22.1. The molecule has 2 saturated heterocycles. The number of benzene rings is 5. The van der Waals surface area contributed by atoms with Crippen LogP contribution in [0.15, 0.2) is 138 Å². The summed E-state index contributed by atoms with van der Waals surface area (Å²) in [6.07, 6.45) is 3.35. The monoisotopic (exact) mass is 889 g/mol. The van der Waals surface area contributed by atoms with Crippen molar-refractivity contribution in [3.8, 4) is 5.75 Å². The molecule has 2 unspecified atom stereocenters. The number of carbonyl (C=O) groups excluding carboxylic acids is 3. The summed E-state index contributed by atoms with van der Waals surface area (Å²) in [5.41, 5.74) is 6.29. The normalized spacial score (nSPS) is 15.9. The van der Waals surface area contributed by atoms with E-state index in [1.54, 1.807) is 24.3 Å². The molecule has 0 spiro atoms. The summed E-state index contributed by atoms with van der Waals surface area (Å²) in [6.45, 7) is 5.24. The molecule has 3 heterocycles. The van der Waals surface area contributed by atoms with Gasteiger partial charge >= 0.3 is 5.97 Å². The number of H-pyrrole nitrogens is 1. The number of carbonyl (C=O) groups is 3.